The summed E-state index contributed by atoms with van der Waals surface area (Å²) < 4.78 is 1.50. The first-order valence-electron chi connectivity index (χ1n) is 4.48. The van der Waals surface area contributed by atoms with Gasteiger partial charge in [-0.25, -0.2) is 4.79 Å². The maximum Gasteiger partial charge on any atom is 0.356 e. The Labute approximate surface area is 87.5 Å². The van der Waals surface area contributed by atoms with Crippen molar-refractivity contribution in [1.29, 1.82) is 0 Å². The quantitative estimate of drug-likeness (QED) is 0.844. The smallest absolute Gasteiger partial charge is 0.356 e. The van der Waals surface area contributed by atoms with Crippen molar-refractivity contribution in [3.05, 3.63) is 16.4 Å². The van der Waals surface area contributed by atoms with E-state index in [9.17, 15) is 4.79 Å². The van der Waals surface area contributed by atoms with Gasteiger partial charge in [0.2, 0.25) is 0 Å². The standard InChI is InChI=1S/C9H13ClN2O2/c1-4-12-8(10)6(5(2)3)7(11-12)9(13)14/h5H,4H2,1-3H3,(H,13,14). The van der Waals surface area contributed by atoms with Crippen molar-refractivity contribution in [3.63, 3.8) is 0 Å². The van der Waals surface area contributed by atoms with Crippen molar-refractivity contribution in [2.45, 2.75) is 33.2 Å². The number of rotatable bonds is 3. The zero-order chi connectivity index (χ0) is 10.9. The molecular weight excluding hydrogens is 204 g/mol. The molecule has 0 unspecified atom stereocenters. The number of carboxylic acid groups (broad SMARTS) is 1. The van der Waals surface area contributed by atoms with E-state index in [0.717, 1.165) is 0 Å². The van der Waals surface area contributed by atoms with Crippen LogP contribution in [0.4, 0.5) is 0 Å². The molecule has 1 aromatic rings. The second kappa shape index (κ2) is 4.00. The molecule has 1 rings (SSSR count). The van der Waals surface area contributed by atoms with Gasteiger partial charge < -0.3 is 5.11 Å². The third-order valence-corrected chi connectivity index (χ3v) is 2.40. The van der Waals surface area contributed by atoms with Gasteiger partial charge in [0, 0.05) is 12.1 Å². The van der Waals surface area contributed by atoms with Gasteiger partial charge in [0.25, 0.3) is 0 Å². The summed E-state index contributed by atoms with van der Waals surface area (Å²) in [6.45, 7) is 6.24. The summed E-state index contributed by atoms with van der Waals surface area (Å²) in [4.78, 5) is 10.9. The molecule has 0 spiro atoms. The molecule has 0 bridgehead atoms. The molecule has 0 atom stereocenters. The Morgan fingerprint density at radius 3 is 2.50 bits per heavy atom. The first-order valence-corrected chi connectivity index (χ1v) is 4.86. The number of hydrogen-bond donors (Lipinski definition) is 1. The normalized spacial score (nSPS) is 10.9. The predicted octanol–water partition coefficient (Wildman–Crippen LogP) is 2.38. The van der Waals surface area contributed by atoms with Crippen LogP contribution in [-0.2, 0) is 6.54 Å². The number of nitrogens with zero attached hydrogens (tertiary/aromatic N) is 2. The molecule has 0 aliphatic heterocycles. The van der Waals surface area contributed by atoms with Crippen LogP contribution in [0.15, 0.2) is 0 Å². The summed E-state index contributed by atoms with van der Waals surface area (Å²) in [6.07, 6.45) is 0. The van der Waals surface area contributed by atoms with Crippen LogP contribution < -0.4 is 0 Å². The number of halogens is 1. The van der Waals surface area contributed by atoms with E-state index < -0.39 is 5.97 Å². The summed E-state index contributed by atoms with van der Waals surface area (Å²) >= 11 is 6.01. The molecule has 1 aromatic heterocycles. The highest BCUT2D eigenvalue weighted by Crippen LogP contribution is 2.27. The van der Waals surface area contributed by atoms with E-state index in [2.05, 4.69) is 5.10 Å². The second-order valence-electron chi connectivity index (χ2n) is 3.33. The predicted molar refractivity (Wildman–Crippen MR) is 54.0 cm³/mol. The van der Waals surface area contributed by atoms with E-state index in [4.69, 9.17) is 16.7 Å². The highest BCUT2D eigenvalue weighted by molar-refractivity contribution is 6.30. The molecule has 0 amide bonds. The number of aromatic carboxylic acids is 1. The average Bonchev–Trinajstić information content (AvgIpc) is 2.42. The molecule has 5 heteroatoms. The number of aryl methyl sites for hydroxylation is 1. The molecule has 1 heterocycles. The number of hydrogen-bond acceptors (Lipinski definition) is 2. The average molecular weight is 217 g/mol. The molecule has 78 valence electrons. The minimum Gasteiger partial charge on any atom is -0.476 e. The molecule has 0 saturated carbocycles. The van der Waals surface area contributed by atoms with Crippen LogP contribution in [0.1, 0.15) is 42.7 Å². The van der Waals surface area contributed by atoms with Crippen LogP contribution in [0.5, 0.6) is 0 Å². The number of carboxylic acids is 1. The summed E-state index contributed by atoms with van der Waals surface area (Å²) in [5, 5.41) is 13.3. The first-order chi connectivity index (χ1) is 6.49. The Balaban J connectivity index is 3.35. The molecule has 0 aliphatic rings. The first kappa shape index (κ1) is 11.0. The molecule has 1 N–H and O–H groups in total. The summed E-state index contributed by atoms with van der Waals surface area (Å²) in [7, 11) is 0. The third-order valence-electron chi connectivity index (χ3n) is 2.00. The van der Waals surface area contributed by atoms with E-state index in [-0.39, 0.29) is 11.6 Å². The van der Waals surface area contributed by atoms with Crippen molar-refractivity contribution < 1.29 is 9.90 Å². The Kier molecular flexibility index (Phi) is 3.16. The monoisotopic (exact) mass is 216 g/mol. The SMILES string of the molecule is CCn1nc(C(=O)O)c(C(C)C)c1Cl. The van der Waals surface area contributed by atoms with Gasteiger partial charge in [-0.15, -0.1) is 0 Å². The van der Waals surface area contributed by atoms with Crippen LogP contribution in [0.25, 0.3) is 0 Å². The van der Waals surface area contributed by atoms with Gasteiger partial charge in [0.1, 0.15) is 5.15 Å². The molecule has 4 nitrogen and oxygen atoms in total. The Morgan fingerprint density at radius 1 is 1.64 bits per heavy atom. The highest BCUT2D eigenvalue weighted by atomic mass is 35.5. The molecule has 0 aliphatic carbocycles. The van der Waals surface area contributed by atoms with E-state index in [1.165, 1.54) is 4.68 Å². The Hall–Kier alpha value is -1.03. The molecular formula is C9H13ClN2O2. The van der Waals surface area contributed by atoms with Gasteiger partial charge in [-0.2, -0.15) is 5.10 Å². The lowest BCUT2D eigenvalue weighted by atomic mass is 10.0. The lowest BCUT2D eigenvalue weighted by molar-refractivity contribution is 0.0688. The van der Waals surface area contributed by atoms with Crippen molar-refractivity contribution in [3.8, 4) is 0 Å². The topological polar surface area (TPSA) is 55.1 Å². The maximum absolute atomic E-state index is 10.9. The highest BCUT2D eigenvalue weighted by Gasteiger charge is 2.22. The van der Waals surface area contributed by atoms with Crippen LogP contribution in [-0.4, -0.2) is 20.9 Å². The second-order valence-corrected chi connectivity index (χ2v) is 3.69. The summed E-state index contributed by atoms with van der Waals surface area (Å²) in [5.74, 6) is -0.961. The largest absolute Gasteiger partial charge is 0.476 e. The zero-order valence-electron chi connectivity index (χ0n) is 8.41. The Morgan fingerprint density at radius 2 is 2.21 bits per heavy atom. The fraction of sp³-hybridized carbons (Fsp3) is 0.556. The van der Waals surface area contributed by atoms with E-state index in [1.807, 2.05) is 20.8 Å². The van der Waals surface area contributed by atoms with Gasteiger partial charge in [-0.1, -0.05) is 25.4 Å². The fourth-order valence-electron chi connectivity index (χ4n) is 1.33. The van der Waals surface area contributed by atoms with Crippen LogP contribution in [0, 0.1) is 0 Å². The molecule has 14 heavy (non-hydrogen) atoms. The zero-order valence-corrected chi connectivity index (χ0v) is 9.17. The van der Waals surface area contributed by atoms with Gasteiger partial charge in [0.05, 0.1) is 0 Å². The summed E-state index contributed by atoms with van der Waals surface area (Å²) in [5.41, 5.74) is 0.674. The third kappa shape index (κ3) is 1.75. The molecule has 0 aromatic carbocycles. The summed E-state index contributed by atoms with van der Waals surface area (Å²) in [6, 6.07) is 0. The molecule has 0 radical (unpaired) electrons. The van der Waals surface area contributed by atoms with E-state index in [1.54, 1.807) is 0 Å². The molecule has 0 fully saturated rings. The maximum atomic E-state index is 10.9. The van der Waals surface area contributed by atoms with Gasteiger partial charge >= 0.3 is 5.97 Å². The lowest BCUT2D eigenvalue weighted by Crippen LogP contribution is -2.03. The van der Waals surface area contributed by atoms with E-state index in [0.29, 0.717) is 17.3 Å². The van der Waals surface area contributed by atoms with Gasteiger partial charge in [-0.05, 0) is 12.8 Å². The minimum atomic E-state index is -1.03. The minimum absolute atomic E-state index is 0.0619. The number of carbonyl (C=O) groups is 1. The number of aromatic nitrogens is 2. The fourth-order valence-corrected chi connectivity index (χ4v) is 1.80. The van der Waals surface area contributed by atoms with E-state index >= 15 is 0 Å². The van der Waals surface area contributed by atoms with Crippen LogP contribution in [0.2, 0.25) is 5.15 Å². The van der Waals surface area contributed by atoms with Crippen molar-refractivity contribution >= 4 is 17.6 Å². The van der Waals surface area contributed by atoms with Crippen molar-refractivity contribution in [2.75, 3.05) is 0 Å². The van der Waals surface area contributed by atoms with Crippen molar-refractivity contribution in [1.82, 2.24) is 9.78 Å². The molecule has 0 saturated heterocycles. The van der Waals surface area contributed by atoms with Crippen LogP contribution >= 0.6 is 11.6 Å². The Bertz CT molecular complexity index is 358. The van der Waals surface area contributed by atoms with Gasteiger partial charge in [-0.3, -0.25) is 4.68 Å². The lowest BCUT2D eigenvalue weighted by Gasteiger charge is -2.03. The van der Waals surface area contributed by atoms with Crippen molar-refractivity contribution in [2.24, 2.45) is 0 Å². The van der Waals surface area contributed by atoms with Gasteiger partial charge in [0.15, 0.2) is 5.69 Å². The van der Waals surface area contributed by atoms with Crippen LogP contribution in [0.3, 0.4) is 0 Å².